The van der Waals surface area contributed by atoms with E-state index in [2.05, 4.69) is 60.7 Å². The highest BCUT2D eigenvalue weighted by atomic mass is 79.9. The largest absolute Gasteiger partial charge is 0.455 e. The van der Waals surface area contributed by atoms with E-state index >= 15 is 0 Å². The van der Waals surface area contributed by atoms with Crippen LogP contribution in [0.3, 0.4) is 0 Å². The second-order valence-electron chi connectivity index (χ2n) is 10.2. The molecule has 202 valence electrons. The van der Waals surface area contributed by atoms with Crippen molar-refractivity contribution in [3.8, 4) is 34.5 Å². The highest BCUT2D eigenvalue weighted by molar-refractivity contribution is 9.10. The molecule has 4 aromatic heterocycles. The fraction of sp³-hybridized carbons (Fsp3) is 0.308. The van der Waals surface area contributed by atoms with E-state index in [4.69, 9.17) is 19.0 Å². The van der Waals surface area contributed by atoms with Gasteiger partial charge < -0.3 is 19.1 Å². The number of pyridine rings is 1. The summed E-state index contributed by atoms with van der Waals surface area (Å²) in [4.78, 5) is 22.2. The van der Waals surface area contributed by atoms with Gasteiger partial charge in [-0.1, -0.05) is 24.8 Å². The third kappa shape index (κ3) is 6.38. The Bertz CT molecular complexity index is 1580. The molecule has 0 fully saturated rings. The summed E-state index contributed by atoms with van der Waals surface area (Å²) < 4.78 is 19.9. The molecule has 0 unspecified atom stereocenters. The maximum absolute atomic E-state index is 10.1. The molecule has 0 aliphatic rings. The molecule has 0 atom stereocenters. The molecule has 0 aliphatic heterocycles. The van der Waals surface area contributed by atoms with E-state index in [0.29, 0.717) is 62.7 Å². The van der Waals surface area contributed by atoms with Crippen LogP contribution < -0.4 is 4.74 Å². The number of rotatable bonds is 10. The summed E-state index contributed by atoms with van der Waals surface area (Å²) >= 11 is 3.34. The summed E-state index contributed by atoms with van der Waals surface area (Å²) in [5, 5.41) is 14.0. The van der Waals surface area contributed by atoms with E-state index in [-0.39, 0.29) is 13.3 Å². The number of halogens is 1. The average molecular weight is 611 g/mol. The molecular formula is C26H28BrN7O4Si. The Labute approximate surface area is 234 Å². The molecule has 4 heterocycles. The molecule has 1 N–H and O–H groups in total. The van der Waals surface area contributed by atoms with Crippen LogP contribution in [0.4, 0.5) is 0 Å². The zero-order chi connectivity index (χ0) is 27.6. The summed E-state index contributed by atoms with van der Waals surface area (Å²) in [5.41, 5.74) is 3.21. The molecule has 0 saturated heterocycles. The summed E-state index contributed by atoms with van der Waals surface area (Å²) in [6.07, 6.45) is 4.87. The topological polar surface area (TPSA) is 134 Å². The predicted molar refractivity (Wildman–Crippen MR) is 151 cm³/mol. The lowest BCUT2D eigenvalue weighted by Crippen LogP contribution is -2.22. The second kappa shape index (κ2) is 11.3. The quantitative estimate of drug-likeness (QED) is 0.157. The van der Waals surface area contributed by atoms with Gasteiger partial charge in [-0.05, 0) is 40.2 Å². The normalized spacial score (nSPS) is 11.8. The first kappa shape index (κ1) is 27.1. The van der Waals surface area contributed by atoms with Crippen LogP contribution in [0.15, 0.2) is 52.0 Å². The summed E-state index contributed by atoms with van der Waals surface area (Å²) in [6, 6.07) is 8.21. The maximum Gasteiger partial charge on any atom is 0.223 e. The fourth-order valence-corrected chi connectivity index (χ4v) is 4.77. The van der Waals surface area contributed by atoms with E-state index in [0.717, 1.165) is 11.6 Å². The van der Waals surface area contributed by atoms with Crippen molar-refractivity contribution in [2.75, 3.05) is 6.61 Å². The van der Waals surface area contributed by atoms with Crippen molar-refractivity contribution >= 4 is 35.0 Å². The SMILES string of the molecule is Cc1nc(-c2ccc(Oc3cc4c(cc3CO)nc(-c3cnc(Br)cn3)n4COCC[Si](C)(C)C)cn2)no1. The van der Waals surface area contributed by atoms with Crippen LogP contribution in [0.1, 0.15) is 11.5 Å². The van der Waals surface area contributed by atoms with Crippen LogP contribution in [0.25, 0.3) is 34.1 Å². The molecule has 5 aromatic rings. The van der Waals surface area contributed by atoms with Crippen molar-refractivity contribution in [3.05, 3.63) is 58.9 Å². The number of aryl methyl sites for hydroxylation is 1. The van der Waals surface area contributed by atoms with Gasteiger partial charge in [0.05, 0.1) is 36.2 Å². The minimum absolute atomic E-state index is 0.230. The van der Waals surface area contributed by atoms with Gasteiger partial charge in [0.1, 0.15) is 34.2 Å². The van der Waals surface area contributed by atoms with Gasteiger partial charge in [0.15, 0.2) is 5.82 Å². The molecule has 0 amide bonds. The molecule has 0 spiro atoms. The molecule has 5 rings (SSSR count). The number of fused-ring (bicyclic) bond motifs is 1. The molecule has 0 aliphatic carbocycles. The van der Waals surface area contributed by atoms with Gasteiger partial charge in [0.2, 0.25) is 11.7 Å². The highest BCUT2D eigenvalue weighted by Crippen LogP contribution is 2.33. The van der Waals surface area contributed by atoms with Gasteiger partial charge in [-0.25, -0.2) is 19.9 Å². The first-order valence-electron chi connectivity index (χ1n) is 12.3. The average Bonchev–Trinajstić information content (AvgIpc) is 3.49. The Kier molecular flexibility index (Phi) is 7.84. The van der Waals surface area contributed by atoms with Crippen molar-refractivity contribution < 1.29 is 19.1 Å². The Balaban J connectivity index is 1.49. The Morgan fingerprint density at radius 3 is 2.49 bits per heavy atom. The monoisotopic (exact) mass is 609 g/mol. The minimum Gasteiger partial charge on any atom is -0.455 e. The fourth-order valence-electron chi connectivity index (χ4n) is 3.81. The molecule has 0 bridgehead atoms. The molecule has 0 radical (unpaired) electrons. The maximum atomic E-state index is 10.1. The Hall–Kier alpha value is -3.52. The molecule has 1 aromatic carbocycles. The number of nitrogens with zero attached hydrogens (tertiary/aromatic N) is 7. The molecule has 0 saturated carbocycles. The standard InChI is InChI=1S/C26H28BrN7O4Si/c1-16-31-25(33-38-16)19-6-5-18(11-28-19)37-23-10-22-20(9-17(23)14-35)32-26(21-12-30-24(27)13-29-21)34(22)15-36-7-8-39(2,3)4/h5-6,9-13,35H,7-8,14-15H2,1-4H3. The summed E-state index contributed by atoms with van der Waals surface area (Å²) in [7, 11) is -1.25. The summed E-state index contributed by atoms with van der Waals surface area (Å²) in [5.74, 6) is 2.44. The number of hydrogen-bond donors (Lipinski definition) is 1. The van der Waals surface area contributed by atoms with Crippen molar-refractivity contribution in [1.82, 2.24) is 34.6 Å². The number of benzene rings is 1. The number of ether oxygens (including phenoxy) is 2. The van der Waals surface area contributed by atoms with E-state index in [1.807, 2.05) is 16.7 Å². The van der Waals surface area contributed by atoms with Crippen LogP contribution in [0, 0.1) is 6.92 Å². The Morgan fingerprint density at radius 1 is 1.03 bits per heavy atom. The van der Waals surface area contributed by atoms with Crippen molar-refractivity contribution in [2.45, 2.75) is 45.9 Å². The number of aliphatic hydroxyl groups is 1. The molecule has 13 heteroatoms. The lowest BCUT2D eigenvalue weighted by atomic mass is 10.2. The predicted octanol–water partition coefficient (Wildman–Crippen LogP) is 5.61. The van der Waals surface area contributed by atoms with Crippen LogP contribution in [-0.2, 0) is 18.1 Å². The lowest BCUT2D eigenvalue weighted by molar-refractivity contribution is 0.0909. The molecule has 11 nitrogen and oxygen atoms in total. The zero-order valence-corrected chi connectivity index (χ0v) is 24.6. The highest BCUT2D eigenvalue weighted by Gasteiger charge is 2.19. The zero-order valence-electron chi connectivity index (χ0n) is 22.1. The number of aromatic nitrogens is 7. The first-order chi connectivity index (χ1) is 18.7. The third-order valence-electron chi connectivity index (χ3n) is 5.89. The third-order valence-corrected chi connectivity index (χ3v) is 8.00. The van der Waals surface area contributed by atoms with Gasteiger partial charge in [-0.15, -0.1) is 0 Å². The molecule has 39 heavy (non-hydrogen) atoms. The lowest BCUT2D eigenvalue weighted by Gasteiger charge is -2.16. The second-order valence-corrected chi connectivity index (χ2v) is 16.6. The minimum atomic E-state index is -1.25. The van der Waals surface area contributed by atoms with Gasteiger partial charge >= 0.3 is 0 Å². The number of imidazole rings is 1. The van der Waals surface area contributed by atoms with Gasteiger partial charge in [-0.2, -0.15) is 4.98 Å². The van der Waals surface area contributed by atoms with E-state index in [1.54, 1.807) is 37.6 Å². The number of aliphatic hydroxyl groups excluding tert-OH is 1. The van der Waals surface area contributed by atoms with Crippen LogP contribution in [0.2, 0.25) is 25.7 Å². The van der Waals surface area contributed by atoms with Crippen molar-refractivity contribution in [3.63, 3.8) is 0 Å². The van der Waals surface area contributed by atoms with Crippen LogP contribution >= 0.6 is 15.9 Å². The number of hydrogen-bond acceptors (Lipinski definition) is 10. The summed E-state index contributed by atoms with van der Waals surface area (Å²) in [6.45, 7) is 9.37. The van der Waals surface area contributed by atoms with Gasteiger partial charge in [0, 0.05) is 33.2 Å². The van der Waals surface area contributed by atoms with E-state index < -0.39 is 8.07 Å². The van der Waals surface area contributed by atoms with Crippen LogP contribution in [0.5, 0.6) is 11.5 Å². The van der Waals surface area contributed by atoms with Crippen molar-refractivity contribution in [1.29, 1.82) is 0 Å². The smallest absolute Gasteiger partial charge is 0.223 e. The molecular weight excluding hydrogens is 582 g/mol. The van der Waals surface area contributed by atoms with Crippen LogP contribution in [-0.4, -0.2) is 54.4 Å². The van der Waals surface area contributed by atoms with Gasteiger partial charge in [-0.3, -0.25) is 4.57 Å². The van der Waals surface area contributed by atoms with E-state index in [9.17, 15) is 5.11 Å². The first-order valence-corrected chi connectivity index (χ1v) is 16.8. The van der Waals surface area contributed by atoms with Crippen molar-refractivity contribution in [2.24, 2.45) is 0 Å². The van der Waals surface area contributed by atoms with Gasteiger partial charge in [0.25, 0.3) is 0 Å². The van der Waals surface area contributed by atoms with E-state index in [1.165, 1.54) is 0 Å². The Morgan fingerprint density at radius 2 is 1.85 bits per heavy atom.